The molecule has 0 saturated heterocycles. The first-order valence-corrected chi connectivity index (χ1v) is 9.97. The van der Waals surface area contributed by atoms with E-state index < -0.39 is 0 Å². The fourth-order valence-electron chi connectivity index (χ4n) is 3.69. The monoisotopic (exact) mass is 388 g/mol. The predicted octanol–water partition coefficient (Wildman–Crippen LogP) is 4.44. The summed E-state index contributed by atoms with van der Waals surface area (Å²) in [6.07, 6.45) is 4.49. The Kier molecular flexibility index (Phi) is 5.75. The second kappa shape index (κ2) is 8.78. The Labute approximate surface area is 170 Å². The van der Waals surface area contributed by atoms with Crippen molar-refractivity contribution in [3.8, 4) is 0 Å². The molecule has 148 valence electrons. The second-order valence-electron chi connectivity index (χ2n) is 7.32. The number of carbonyl (C=O) groups excluding carboxylic acids is 2. The number of carbonyl (C=O) groups is 2. The second-order valence-corrected chi connectivity index (χ2v) is 7.32. The molecular formula is C24H24N2O3. The topological polar surface area (TPSA) is 62.6 Å². The van der Waals surface area contributed by atoms with Crippen LogP contribution in [0.1, 0.15) is 40.1 Å². The predicted molar refractivity (Wildman–Crippen MR) is 112 cm³/mol. The number of aryl methyl sites for hydroxylation is 1. The summed E-state index contributed by atoms with van der Waals surface area (Å²) in [5, 5.41) is 2.99. The zero-order valence-corrected chi connectivity index (χ0v) is 16.3. The summed E-state index contributed by atoms with van der Waals surface area (Å²) in [5.74, 6) is 0.271. The summed E-state index contributed by atoms with van der Waals surface area (Å²) in [7, 11) is 0. The summed E-state index contributed by atoms with van der Waals surface area (Å²) in [4.78, 5) is 26.6. The van der Waals surface area contributed by atoms with Crippen LogP contribution in [0.3, 0.4) is 0 Å². The highest BCUT2D eigenvalue weighted by Gasteiger charge is 2.23. The molecule has 5 heteroatoms. The van der Waals surface area contributed by atoms with Crippen LogP contribution in [-0.4, -0.2) is 23.3 Å². The Morgan fingerprint density at radius 3 is 2.66 bits per heavy atom. The van der Waals surface area contributed by atoms with Gasteiger partial charge in [-0.3, -0.25) is 9.59 Å². The van der Waals surface area contributed by atoms with Crippen molar-refractivity contribution in [1.29, 1.82) is 0 Å². The first-order chi connectivity index (χ1) is 14.2. The molecule has 29 heavy (non-hydrogen) atoms. The van der Waals surface area contributed by atoms with Crippen LogP contribution in [0.4, 0.5) is 5.69 Å². The number of hydrogen-bond acceptors (Lipinski definition) is 3. The van der Waals surface area contributed by atoms with Crippen LogP contribution in [0.15, 0.2) is 71.3 Å². The largest absolute Gasteiger partial charge is 0.459 e. The zero-order chi connectivity index (χ0) is 20.1. The van der Waals surface area contributed by atoms with Gasteiger partial charge in [0.25, 0.3) is 5.91 Å². The Hall–Kier alpha value is -3.34. The van der Waals surface area contributed by atoms with E-state index >= 15 is 0 Å². The standard InChI is InChI=1S/C24H24N2O3/c27-23(10-4-8-18-6-2-1-3-7-18)25-21-12-11-19-13-14-26(17-20(19)16-21)24(28)22-9-5-15-29-22/h1-3,5-7,9,11-12,15-16H,4,8,10,13-14,17H2,(H,25,27). The lowest BCUT2D eigenvalue weighted by Crippen LogP contribution is -2.35. The van der Waals surface area contributed by atoms with Crippen LogP contribution in [0.25, 0.3) is 0 Å². The van der Waals surface area contributed by atoms with Gasteiger partial charge in [0.2, 0.25) is 5.91 Å². The van der Waals surface area contributed by atoms with Gasteiger partial charge in [-0.1, -0.05) is 36.4 Å². The molecule has 0 spiro atoms. The number of anilines is 1. The Morgan fingerprint density at radius 1 is 1.00 bits per heavy atom. The van der Waals surface area contributed by atoms with Crippen LogP contribution < -0.4 is 5.32 Å². The molecule has 2 amide bonds. The Bertz CT molecular complexity index is 981. The quantitative estimate of drug-likeness (QED) is 0.679. The van der Waals surface area contributed by atoms with Gasteiger partial charge in [-0.25, -0.2) is 0 Å². The molecule has 0 atom stereocenters. The highest BCUT2D eigenvalue weighted by molar-refractivity contribution is 5.92. The molecule has 5 nitrogen and oxygen atoms in total. The number of furan rings is 1. The van der Waals surface area contributed by atoms with Crippen LogP contribution in [0.2, 0.25) is 0 Å². The number of hydrogen-bond donors (Lipinski definition) is 1. The summed E-state index contributed by atoms with van der Waals surface area (Å²) >= 11 is 0. The van der Waals surface area contributed by atoms with Crippen molar-refractivity contribution in [2.75, 3.05) is 11.9 Å². The van der Waals surface area contributed by atoms with Gasteiger partial charge in [0.05, 0.1) is 6.26 Å². The van der Waals surface area contributed by atoms with Crippen LogP contribution >= 0.6 is 0 Å². The van der Waals surface area contributed by atoms with Crippen molar-refractivity contribution in [1.82, 2.24) is 4.90 Å². The van der Waals surface area contributed by atoms with E-state index in [1.807, 2.05) is 36.4 Å². The van der Waals surface area contributed by atoms with E-state index in [4.69, 9.17) is 4.42 Å². The summed E-state index contributed by atoms with van der Waals surface area (Å²) in [6, 6.07) is 19.6. The van der Waals surface area contributed by atoms with Gasteiger partial charge in [-0.2, -0.15) is 0 Å². The van der Waals surface area contributed by atoms with Gasteiger partial charge >= 0.3 is 0 Å². The van der Waals surface area contributed by atoms with E-state index in [1.54, 1.807) is 17.0 Å². The molecule has 1 aliphatic heterocycles. The summed E-state index contributed by atoms with van der Waals surface area (Å²) < 4.78 is 5.23. The molecule has 1 aromatic heterocycles. The van der Waals surface area contributed by atoms with Gasteiger partial charge in [0.1, 0.15) is 0 Å². The average Bonchev–Trinajstić information content (AvgIpc) is 3.28. The lowest BCUT2D eigenvalue weighted by atomic mass is 9.98. The highest BCUT2D eigenvalue weighted by atomic mass is 16.3. The number of nitrogens with one attached hydrogen (secondary N) is 1. The lowest BCUT2D eigenvalue weighted by molar-refractivity contribution is -0.116. The van der Waals surface area contributed by atoms with Crippen molar-refractivity contribution in [2.45, 2.75) is 32.2 Å². The minimum atomic E-state index is -0.101. The van der Waals surface area contributed by atoms with Gasteiger partial charge in [0, 0.05) is 25.2 Å². The van der Waals surface area contributed by atoms with E-state index in [1.165, 1.54) is 17.4 Å². The van der Waals surface area contributed by atoms with E-state index in [-0.39, 0.29) is 11.8 Å². The number of benzene rings is 2. The fourth-order valence-corrected chi connectivity index (χ4v) is 3.69. The van der Waals surface area contributed by atoms with E-state index in [2.05, 4.69) is 17.4 Å². The number of amides is 2. The first kappa shape index (κ1) is 19.0. The normalized spacial score (nSPS) is 13.0. The third-order valence-corrected chi connectivity index (χ3v) is 5.23. The maximum absolute atomic E-state index is 12.5. The minimum Gasteiger partial charge on any atom is -0.459 e. The SMILES string of the molecule is O=C(CCCc1ccccc1)Nc1ccc2c(c1)CN(C(=O)c1ccco1)CC2. The molecule has 0 radical (unpaired) electrons. The van der Waals surface area contributed by atoms with Gasteiger partial charge in [-0.05, 0) is 60.2 Å². The maximum Gasteiger partial charge on any atom is 0.289 e. The maximum atomic E-state index is 12.5. The number of rotatable bonds is 6. The molecule has 0 unspecified atom stereocenters. The smallest absolute Gasteiger partial charge is 0.289 e. The third kappa shape index (κ3) is 4.74. The van der Waals surface area contributed by atoms with Crippen LogP contribution in [0, 0.1) is 0 Å². The van der Waals surface area contributed by atoms with E-state index in [9.17, 15) is 9.59 Å². The molecule has 1 N–H and O–H groups in total. The zero-order valence-electron chi connectivity index (χ0n) is 16.3. The summed E-state index contributed by atoms with van der Waals surface area (Å²) in [5.41, 5.74) is 4.31. The van der Waals surface area contributed by atoms with Crippen molar-refractivity contribution in [3.05, 3.63) is 89.4 Å². The molecule has 1 aliphatic rings. The molecular weight excluding hydrogens is 364 g/mol. The molecule has 0 aliphatic carbocycles. The molecule has 0 saturated carbocycles. The molecule has 2 heterocycles. The highest BCUT2D eigenvalue weighted by Crippen LogP contribution is 2.24. The van der Waals surface area contributed by atoms with Crippen molar-refractivity contribution in [3.63, 3.8) is 0 Å². The molecule has 4 rings (SSSR count). The van der Waals surface area contributed by atoms with Crippen molar-refractivity contribution < 1.29 is 14.0 Å². The van der Waals surface area contributed by atoms with E-state index in [0.717, 1.165) is 30.5 Å². The Balaban J connectivity index is 1.33. The average molecular weight is 388 g/mol. The third-order valence-electron chi connectivity index (χ3n) is 5.23. The van der Waals surface area contributed by atoms with E-state index in [0.29, 0.717) is 25.3 Å². The molecule has 0 fully saturated rings. The molecule has 3 aromatic rings. The lowest BCUT2D eigenvalue weighted by Gasteiger charge is -2.28. The van der Waals surface area contributed by atoms with Gasteiger partial charge < -0.3 is 14.6 Å². The Morgan fingerprint density at radius 2 is 1.86 bits per heavy atom. The fraction of sp³-hybridized carbons (Fsp3) is 0.250. The van der Waals surface area contributed by atoms with Gasteiger partial charge in [0.15, 0.2) is 5.76 Å². The minimum absolute atomic E-state index is 0.0141. The molecule has 0 bridgehead atoms. The van der Waals surface area contributed by atoms with Crippen molar-refractivity contribution in [2.24, 2.45) is 0 Å². The number of nitrogens with zero attached hydrogens (tertiary/aromatic N) is 1. The molecule has 2 aromatic carbocycles. The summed E-state index contributed by atoms with van der Waals surface area (Å²) in [6.45, 7) is 1.18. The van der Waals surface area contributed by atoms with Crippen LogP contribution in [-0.2, 0) is 24.2 Å². The van der Waals surface area contributed by atoms with Crippen molar-refractivity contribution >= 4 is 17.5 Å². The van der Waals surface area contributed by atoms with Gasteiger partial charge in [-0.15, -0.1) is 0 Å². The first-order valence-electron chi connectivity index (χ1n) is 9.97. The van der Waals surface area contributed by atoms with Crippen LogP contribution in [0.5, 0.6) is 0 Å². The number of fused-ring (bicyclic) bond motifs is 1.